The fourth-order valence-corrected chi connectivity index (χ4v) is 3.53. The van der Waals surface area contributed by atoms with Crippen LogP contribution >= 0.6 is 0 Å². The maximum atomic E-state index is 13.0. The largest absolute Gasteiger partial charge is 0.378 e. The van der Waals surface area contributed by atoms with Gasteiger partial charge >= 0.3 is 0 Å². The summed E-state index contributed by atoms with van der Waals surface area (Å²) in [6.45, 7) is 4.06. The van der Waals surface area contributed by atoms with E-state index in [0.717, 1.165) is 25.9 Å². The second kappa shape index (κ2) is 5.84. The van der Waals surface area contributed by atoms with Crippen LogP contribution in [-0.4, -0.2) is 45.9 Å². The third-order valence-corrected chi connectivity index (χ3v) is 4.62. The molecule has 122 valence electrons. The quantitative estimate of drug-likeness (QED) is 0.834. The first-order valence-corrected chi connectivity index (χ1v) is 7.85. The second-order valence-electron chi connectivity index (χ2n) is 6.08. The smallest absolute Gasteiger partial charge is 0.230 e. The molecule has 7 nitrogen and oxygen atoms in total. The van der Waals surface area contributed by atoms with Crippen LogP contribution in [0.3, 0.4) is 0 Å². The number of aromatic nitrogens is 4. The Labute approximate surface area is 132 Å². The van der Waals surface area contributed by atoms with Gasteiger partial charge in [0.2, 0.25) is 11.8 Å². The van der Waals surface area contributed by atoms with Gasteiger partial charge in [0, 0.05) is 31.5 Å². The van der Waals surface area contributed by atoms with E-state index in [2.05, 4.69) is 25.0 Å². The number of nitrogens with zero attached hydrogens (tertiary/aromatic N) is 5. The number of hydrogen-bond donors (Lipinski definition) is 0. The van der Waals surface area contributed by atoms with Gasteiger partial charge in [0.15, 0.2) is 11.6 Å². The molecule has 0 spiro atoms. The molecular formula is C15H18FN5O2. The fourth-order valence-electron chi connectivity index (χ4n) is 3.53. The molecule has 0 amide bonds. The molecule has 2 aromatic heterocycles. The highest BCUT2D eigenvalue weighted by atomic mass is 19.1. The molecule has 2 saturated heterocycles. The molecule has 8 heteroatoms. The normalized spacial score (nSPS) is 27.7. The summed E-state index contributed by atoms with van der Waals surface area (Å²) < 4.78 is 24.3. The minimum Gasteiger partial charge on any atom is -0.378 e. The van der Waals surface area contributed by atoms with Crippen molar-refractivity contribution in [2.45, 2.75) is 31.8 Å². The van der Waals surface area contributed by atoms with E-state index >= 15 is 0 Å². The highest BCUT2D eigenvalue weighted by Crippen LogP contribution is 2.39. The summed E-state index contributed by atoms with van der Waals surface area (Å²) in [5.74, 6) is 1.88. The van der Waals surface area contributed by atoms with Crippen molar-refractivity contribution in [3.8, 4) is 0 Å². The van der Waals surface area contributed by atoms with Gasteiger partial charge in [0.05, 0.1) is 18.5 Å². The number of rotatable bonds is 2. The average molecular weight is 319 g/mol. The van der Waals surface area contributed by atoms with Crippen LogP contribution in [0.15, 0.2) is 16.9 Å². The summed E-state index contributed by atoms with van der Waals surface area (Å²) in [7, 11) is 0. The van der Waals surface area contributed by atoms with Crippen LogP contribution < -0.4 is 4.90 Å². The Morgan fingerprint density at radius 3 is 2.83 bits per heavy atom. The Hall–Kier alpha value is -2.09. The third kappa shape index (κ3) is 2.78. The lowest BCUT2D eigenvalue weighted by atomic mass is 9.79. The van der Waals surface area contributed by atoms with Crippen molar-refractivity contribution in [3.63, 3.8) is 0 Å². The van der Waals surface area contributed by atoms with E-state index in [0.29, 0.717) is 24.3 Å². The maximum Gasteiger partial charge on any atom is 0.230 e. The first-order valence-electron chi connectivity index (χ1n) is 7.85. The van der Waals surface area contributed by atoms with Crippen molar-refractivity contribution in [2.24, 2.45) is 5.92 Å². The van der Waals surface area contributed by atoms with E-state index in [1.165, 1.54) is 12.4 Å². The van der Waals surface area contributed by atoms with Crippen molar-refractivity contribution in [1.29, 1.82) is 0 Å². The summed E-state index contributed by atoms with van der Waals surface area (Å²) in [6, 6.07) is 0. The number of anilines is 1. The second-order valence-corrected chi connectivity index (χ2v) is 6.08. The van der Waals surface area contributed by atoms with Gasteiger partial charge in [-0.2, -0.15) is 4.98 Å². The standard InChI is InChI=1S/C15H18FN5O2/c1-9-19-14(23-20-9)11-3-5-22-13-2-4-21(8-12(11)13)15-17-6-10(16)7-18-15/h6-7,11-13H,2-5,8H2,1H3/t11-,12-,13-/m1/s1. The van der Waals surface area contributed by atoms with Gasteiger partial charge in [-0.05, 0) is 19.8 Å². The molecule has 4 rings (SSSR count). The lowest BCUT2D eigenvalue weighted by Crippen LogP contribution is -2.49. The van der Waals surface area contributed by atoms with E-state index < -0.39 is 5.82 Å². The van der Waals surface area contributed by atoms with Crippen molar-refractivity contribution >= 4 is 5.95 Å². The number of halogens is 1. The number of aryl methyl sites for hydroxylation is 1. The lowest BCUT2D eigenvalue weighted by molar-refractivity contribution is -0.0523. The van der Waals surface area contributed by atoms with E-state index in [1.807, 2.05) is 6.92 Å². The first kappa shape index (κ1) is 14.5. The van der Waals surface area contributed by atoms with E-state index in [1.54, 1.807) is 0 Å². The van der Waals surface area contributed by atoms with Crippen molar-refractivity contribution in [2.75, 3.05) is 24.6 Å². The molecule has 0 saturated carbocycles. The Balaban J connectivity index is 1.57. The number of ether oxygens (including phenoxy) is 1. The molecular weight excluding hydrogens is 301 g/mol. The van der Waals surface area contributed by atoms with Crippen LogP contribution in [0.4, 0.5) is 10.3 Å². The van der Waals surface area contributed by atoms with E-state index in [9.17, 15) is 4.39 Å². The molecule has 0 aromatic carbocycles. The molecule has 2 aromatic rings. The molecule has 2 aliphatic heterocycles. The predicted molar refractivity (Wildman–Crippen MR) is 78.4 cm³/mol. The molecule has 2 aliphatic rings. The third-order valence-electron chi connectivity index (χ3n) is 4.62. The van der Waals surface area contributed by atoms with Crippen LogP contribution in [0.25, 0.3) is 0 Å². The first-order chi connectivity index (χ1) is 11.2. The number of fused-ring (bicyclic) bond motifs is 1. The van der Waals surface area contributed by atoms with Gasteiger partial charge in [-0.3, -0.25) is 0 Å². The van der Waals surface area contributed by atoms with Gasteiger partial charge < -0.3 is 14.2 Å². The lowest BCUT2D eigenvalue weighted by Gasteiger charge is -2.43. The summed E-state index contributed by atoms with van der Waals surface area (Å²) in [5, 5.41) is 3.91. The molecule has 3 atom stereocenters. The SMILES string of the molecule is Cc1noc([C@@H]2CCO[C@@H]3CCN(c4ncc(F)cn4)C[C@@H]32)n1. The van der Waals surface area contributed by atoms with Gasteiger partial charge in [0.1, 0.15) is 0 Å². The number of hydrogen-bond acceptors (Lipinski definition) is 7. The van der Waals surface area contributed by atoms with Crippen molar-refractivity contribution in [3.05, 3.63) is 29.9 Å². The highest BCUT2D eigenvalue weighted by molar-refractivity contribution is 5.30. The van der Waals surface area contributed by atoms with Gasteiger partial charge in [-0.25, -0.2) is 14.4 Å². The van der Waals surface area contributed by atoms with E-state index in [4.69, 9.17) is 9.26 Å². The van der Waals surface area contributed by atoms with Crippen LogP contribution in [-0.2, 0) is 4.74 Å². The topological polar surface area (TPSA) is 77.2 Å². The zero-order valence-corrected chi connectivity index (χ0v) is 12.9. The zero-order chi connectivity index (χ0) is 15.8. The average Bonchev–Trinajstić information content (AvgIpc) is 3.01. The molecule has 23 heavy (non-hydrogen) atoms. The molecule has 0 unspecified atom stereocenters. The summed E-state index contributed by atoms with van der Waals surface area (Å²) in [5.41, 5.74) is 0. The number of piperidine rings is 1. The molecule has 4 heterocycles. The minimum atomic E-state index is -0.427. The van der Waals surface area contributed by atoms with E-state index in [-0.39, 0.29) is 17.9 Å². The summed E-state index contributed by atoms with van der Waals surface area (Å²) in [4.78, 5) is 14.7. The van der Waals surface area contributed by atoms with Crippen LogP contribution in [0.2, 0.25) is 0 Å². The Morgan fingerprint density at radius 2 is 2.09 bits per heavy atom. The highest BCUT2D eigenvalue weighted by Gasteiger charge is 2.42. The maximum absolute atomic E-state index is 13.0. The molecule has 2 fully saturated rings. The van der Waals surface area contributed by atoms with Crippen LogP contribution in [0.5, 0.6) is 0 Å². The van der Waals surface area contributed by atoms with Gasteiger partial charge in [-0.15, -0.1) is 0 Å². The minimum absolute atomic E-state index is 0.178. The van der Waals surface area contributed by atoms with Crippen LogP contribution in [0.1, 0.15) is 30.5 Å². The fraction of sp³-hybridized carbons (Fsp3) is 0.600. The van der Waals surface area contributed by atoms with Gasteiger partial charge in [0.25, 0.3) is 0 Å². The molecule has 0 N–H and O–H groups in total. The Bertz CT molecular complexity index is 677. The molecule has 0 radical (unpaired) electrons. The summed E-state index contributed by atoms with van der Waals surface area (Å²) >= 11 is 0. The Kier molecular flexibility index (Phi) is 3.68. The predicted octanol–water partition coefficient (Wildman–Crippen LogP) is 1.71. The zero-order valence-electron chi connectivity index (χ0n) is 12.9. The Morgan fingerprint density at radius 1 is 1.26 bits per heavy atom. The van der Waals surface area contributed by atoms with Crippen molar-refractivity contribution in [1.82, 2.24) is 20.1 Å². The summed E-state index contributed by atoms with van der Waals surface area (Å²) in [6.07, 6.45) is 4.32. The van der Waals surface area contributed by atoms with Crippen molar-refractivity contribution < 1.29 is 13.7 Å². The van der Waals surface area contributed by atoms with Gasteiger partial charge in [-0.1, -0.05) is 5.16 Å². The molecule has 0 bridgehead atoms. The molecule has 0 aliphatic carbocycles. The van der Waals surface area contributed by atoms with Crippen LogP contribution in [0, 0.1) is 18.7 Å². The monoisotopic (exact) mass is 319 g/mol.